The van der Waals surface area contributed by atoms with E-state index in [0.29, 0.717) is 5.56 Å². The van der Waals surface area contributed by atoms with Gasteiger partial charge in [-0.15, -0.1) is 0 Å². The van der Waals surface area contributed by atoms with Gasteiger partial charge >= 0.3 is 0 Å². The molecule has 6 heteroatoms. The van der Waals surface area contributed by atoms with E-state index >= 15 is 0 Å². The number of sulfonamides is 1. The number of carbonyl (C=O) groups is 1. The summed E-state index contributed by atoms with van der Waals surface area (Å²) in [5.41, 5.74) is 0.430. The zero-order valence-corrected chi connectivity index (χ0v) is 12.7. The van der Waals surface area contributed by atoms with Crippen LogP contribution in [0.5, 0.6) is 0 Å². The molecule has 0 aliphatic rings. The number of hydrogen-bond donors (Lipinski definition) is 2. The molecule has 0 fully saturated rings. The van der Waals surface area contributed by atoms with Crippen LogP contribution >= 0.6 is 0 Å². The van der Waals surface area contributed by atoms with E-state index in [1.54, 1.807) is 0 Å². The molecule has 0 bridgehead atoms. The predicted molar refractivity (Wildman–Crippen MR) is 78.9 cm³/mol. The van der Waals surface area contributed by atoms with E-state index in [-0.39, 0.29) is 16.8 Å². The first-order chi connectivity index (χ1) is 9.34. The highest BCUT2D eigenvalue weighted by atomic mass is 32.2. The second-order valence-corrected chi connectivity index (χ2v) is 6.50. The van der Waals surface area contributed by atoms with Crippen LogP contribution < -0.4 is 10.5 Å². The smallest absolute Gasteiger partial charge is 0.251 e. The summed E-state index contributed by atoms with van der Waals surface area (Å²) >= 11 is 0. The van der Waals surface area contributed by atoms with Crippen LogP contribution in [-0.4, -0.2) is 20.4 Å². The number of amides is 1. The van der Waals surface area contributed by atoms with Gasteiger partial charge in [0.15, 0.2) is 0 Å². The van der Waals surface area contributed by atoms with Crippen molar-refractivity contribution in [2.24, 2.45) is 5.14 Å². The molecule has 0 aliphatic heterocycles. The standard InChI is InChI=1S/C14H22N2O3S/c1-3-4-5-6-11(2)16-14(17)12-7-9-13(10-8-12)20(15,18)19/h7-11H,3-6H2,1-2H3,(H,16,17)(H2,15,18,19). The minimum absolute atomic E-state index is 0.00467. The molecule has 20 heavy (non-hydrogen) atoms. The van der Waals surface area contributed by atoms with Crippen LogP contribution in [0.15, 0.2) is 29.2 Å². The van der Waals surface area contributed by atoms with Crippen LogP contribution in [0.4, 0.5) is 0 Å². The molecule has 112 valence electrons. The van der Waals surface area contributed by atoms with Crippen LogP contribution in [0.1, 0.15) is 49.9 Å². The van der Waals surface area contributed by atoms with Gasteiger partial charge in [0.2, 0.25) is 10.0 Å². The molecule has 0 saturated carbocycles. The first-order valence-electron chi connectivity index (χ1n) is 6.78. The average molecular weight is 298 g/mol. The number of primary sulfonamides is 1. The fourth-order valence-electron chi connectivity index (χ4n) is 1.88. The highest BCUT2D eigenvalue weighted by molar-refractivity contribution is 7.89. The molecule has 0 aromatic heterocycles. The summed E-state index contributed by atoms with van der Waals surface area (Å²) in [5, 5.41) is 7.90. The van der Waals surface area contributed by atoms with Gasteiger partial charge in [0, 0.05) is 11.6 Å². The maximum Gasteiger partial charge on any atom is 0.251 e. The Balaban J connectivity index is 2.60. The largest absolute Gasteiger partial charge is 0.350 e. The quantitative estimate of drug-likeness (QED) is 0.755. The lowest BCUT2D eigenvalue weighted by molar-refractivity contribution is 0.0938. The molecule has 5 nitrogen and oxygen atoms in total. The Morgan fingerprint density at radius 3 is 2.35 bits per heavy atom. The fraction of sp³-hybridized carbons (Fsp3) is 0.500. The molecular weight excluding hydrogens is 276 g/mol. The van der Waals surface area contributed by atoms with Crippen molar-refractivity contribution in [1.29, 1.82) is 0 Å². The lowest BCUT2D eigenvalue weighted by Crippen LogP contribution is -2.32. The van der Waals surface area contributed by atoms with Crippen molar-refractivity contribution in [2.45, 2.75) is 50.5 Å². The molecular formula is C14H22N2O3S. The third-order valence-corrected chi connectivity index (χ3v) is 3.99. The van der Waals surface area contributed by atoms with E-state index in [1.807, 2.05) is 6.92 Å². The van der Waals surface area contributed by atoms with E-state index < -0.39 is 10.0 Å². The van der Waals surface area contributed by atoms with Gasteiger partial charge in [0.1, 0.15) is 0 Å². The number of carbonyl (C=O) groups excluding carboxylic acids is 1. The Morgan fingerprint density at radius 1 is 1.25 bits per heavy atom. The van der Waals surface area contributed by atoms with E-state index in [9.17, 15) is 13.2 Å². The zero-order valence-electron chi connectivity index (χ0n) is 11.9. The third-order valence-electron chi connectivity index (χ3n) is 3.06. The maximum absolute atomic E-state index is 12.0. The Kier molecular flexibility index (Phi) is 6.16. The number of benzene rings is 1. The van der Waals surface area contributed by atoms with E-state index in [2.05, 4.69) is 12.2 Å². The van der Waals surface area contributed by atoms with Crippen LogP contribution in [0, 0.1) is 0 Å². The van der Waals surface area contributed by atoms with Gasteiger partial charge < -0.3 is 5.32 Å². The van der Waals surface area contributed by atoms with Crippen molar-refractivity contribution in [3.8, 4) is 0 Å². The molecule has 1 aromatic rings. The number of rotatable bonds is 7. The normalized spacial score (nSPS) is 12.9. The minimum Gasteiger partial charge on any atom is -0.350 e. The summed E-state index contributed by atoms with van der Waals surface area (Å²) < 4.78 is 22.2. The SMILES string of the molecule is CCCCCC(C)NC(=O)c1ccc(S(N)(=O)=O)cc1. The number of nitrogens with two attached hydrogens (primary N) is 1. The molecule has 0 spiro atoms. The fourth-order valence-corrected chi connectivity index (χ4v) is 2.39. The van der Waals surface area contributed by atoms with Crippen molar-refractivity contribution < 1.29 is 13.2 Å². The summed E-state index contributed by atoms with van der Waals surface area (Å²) in [4.78, 5) is 12.0. The van der Waals surface area contributed by atoms with Crippen LogP contribution in [0.2, 0.25) is 0 Å². The molecule has 3 N–H and O–H groups in total. The van der Waals surface area contributed by atoms with Gasteiger partial charge in [-0.25, -0.2) is 13.6 Å². The van der Waals surface area contributed by atoms with E-state index in [4.69, 9.17) is 5.14 Å². The highest BCUT2D eigenvalue weighted by Gasteiger charge is 2.12. The third kappa shape index (κ3) is 5.30. The maximum atomic E-state index is 12.0. The summed E-state index contributed by atoms with van der Waals surface area (Å²) in [6, 6.07) is 5.71. The number of nitrogens with one attached hydrogen (secondary N) is 1. The van der Waals surface area contributed by atoms with Gasteiger partial charge in [-0.2, -0.15) is 0 Å². The first kappa shape index (κ1) is 16.7. The molecule has 1 amide bonds. The molecule has 1 aromatic carbocycles. The van der Waals surface area contributed by atoms with Crippen LogP contribution in [-0.2, 0) is 10.0 Å². The molecule has 0 saturated heterocycles. The zero-order chi connectivity index (χ0) is 15.2. The number of hydrogen-bond acceptors (Lipinski definition) is 3. The average Bonchev–Trinajstić information content (AvgIpc) is 2.38. The van der Waals surface area contributed by atoms with Crippen molar-refractivity contribution in [1.82, 2.24) is 5.32 Å². The molecule has 0 radical (unpaired) electrons. The van der Waals surface area contributed by atoms with Gasteiger partial charge in [-0.05, 0) is 37.6 Å². The van der Waals surface area contributed by atoms with Gasteiger partial charge in [-0.3, -0.25) is 4.79 Å². The molecule has 0 aliphatic carbocycles. The van der Waals surface area contributed by atoms with Crippen molar-refractivity contribution >= 4 is 15.9 Å². The second kappa shape index (κ2) is 7.40. The van der Waals surface area contributed by atoms with Gasteiger partial charge in [0.05, 0.1) is 4.90 Å². The van der Waals surface area contributed by atoms with Crippen molar-refractivity contribution in [2.75, 3.05) is 0 Å². The lowest BCUT2D eigenvalue weighted by Gasteiger charge is -2.13. The van der Waals surface area contributed by atoms with E-state index in [0.717, 1.165) is 25.7 Å². The molecule has 1 rings (SSSR count). The monoisotopic (exact) mass is 298 g/mol. The van der Waals surface area contributed by atoms with Gasteiger partial charge in [-0.1, -0.05) is 26.2 Å². The lowest BCUT2D eigenvalue weighted by atomic mass is 10.1. The summed E-state index contributed by atoms with van der Waals surface area (Å²) in [5.74, 6) is -0.199. The van der Waals surface area contributed by atoms with Crippen molar-refractivity contribution in [3.63, 3.8) is 0 Å². The van der Waals surface area contributed by atoms with E-state index in [1.165, 1.54) is 24.3 Å². The number of unbranched alkanes of at least 4 members (excludes halogenated alkanes) is 2. The Morgan fingerprint density at radius 2 is 1.85 bits per heavy atom. The van der Waals surface area contributed by atoms with Crippen molar-refractivity contribution in [3.05, 3.63) is 29.8 Å². The summed E-state index contributed by atoms with van der Waals surface area (Å²) in [6.45, 7) is 4.10. The Bertz CT molecular complexity index is 538. The Hall–Kier alpha value is -1.40. The second-order valence-electron chi connectivity index (χ2n) is 4.94. The first-order valence-corrected chi connectivity index (χ1v) is 8.33. The topological polar surface area (TPSA) is 89.3 Å². The van der Waals surface area contributed by atoms with Gasteiger partial charge in [0.25, 0.3) is 5.91 Å². The predicted octanol–water partition coefficient (Wildman–Crippen LogP) is 2.03. The van der Waals surface area contributed by atoms with Crippen LogP contribution in [0.25, 0.3) is 0 Å². The minimum atomic E-state index is -3.71. The summed E-state index contributed by atoms with van der Waals surface area (Å²) in [6.07, 6.45) is 4.33. The molecule has 1 unspecified atom stereocenters. The Labute approximate surface area is 120 Å². The molecule has 0 heterocycles. The molecule has 1 atom stereocenters. The van der Waals surface area contributed by atoms with Crippen LogP contribution in [0.3, 0.4) is 0 Å². The highest BCUT2D eigenvalue weighted by Crippen LogP contribution is 2.09. The summed E-state index contributed by atoms with van der Waals surface area (Å²) in [7, 11) is -3.71.